The number of H-pyrrole nitrogens is 1. The molecule has 3 heterocycles. The first-order valence-corrected chi connectivity index (χ1v) is 10.8. The molecule has 4 aromatic rings. The number of carbonyl (C=O) groups is 1. The number of hydrogen-bond donors (Lipinski definition) is 2. The summed E-state index contributed by atoms with van der Waals surface area (Å²) in [7, 11) is 0. The summed E-state index contributed by atoms with van der Waals surface area (Å²) in [5.74, 6) is 0.0132. The Morgan fingerprint density at radius 3 is 2.77 bits per heavy atom. The van der Waals surface area contributed by atoms with E-state index in [1.54, 1.807) is 34.1 Å². The van der Waals surface area contributed by atoms with Crippen LogP contribution in [0.3, 0.4) is 0 Å². The Morgan fingerprint density at radius 1 is 1.26 bits per heavy atom. The van der Waals surface area contributed by atoms with Crippen LogP contribution >= 0.6 is 11.3 Å². The van der Waals surface area contributed by atoms with Crippen LogP contribution in [0.1, 0.15) is 29.4 Å². The number of hydrogen-bond acceptors (Lipinski definition) is 5. The van der Waals surface area contributed by atoms with Crippen LogP contribution in [0, 0.1) is 5.82 Å². The van der Waals surface area contributed by atoms with Crippen LogP contribution < -0.4 is 11.0 Å². The topological polar surface area (TPSA) is 97.6 Å². The third-order valence-corrected chi connectivity index (χ3v) is 5.96. The fraction of sp³-hybridized carbons (Fsp3) is 0.238. The quantitative estimate of drug-likeness (QED) is 0.463. The SMILES string of the molecule is O=C(NCCn1nc(-c2cccs2)n(C2CC2)c1=O)c1cc(-c2ccc(F)cc2)n[nH]1. The average molecular weight is 438 g/mol. The second-order valence-corrected chi connectivity index (χ2v) is 8.29. The van der Waals surface area contributed by atoms with Crippen molar-refractivity contribution in [1.82, 2.24) is 29.9 Å². The molecule has 1 saturated carbocycles. The molecule has 0 spiro atoms. The van der Waals surface area contributed by atoms with Gasteiger partial charge in [-0.05, 0) is 54.6 Å². The van der Waals surface area contributed by atoms with Crippen LogP contribution in [0.25, 0.3) is 22.0 Å². The molecule has 0 unspecified atom stereocenters. The van der Waals surface area contributed by atoms with Gasteiger partial charge in [0.1, 0.15) is 11.5 Å². The maximum absolute atomic E-state index is 13.1. The van der Waals surface area contributed by atoms with Gasteiger partial charge < -0.3 is 5.32 Å². The fourth-order valence-corrected chi connectivity index (χ4v) is 4.08. The van der Waals surface area contributed by atoms with Gasteiger partial charge in [-0.25, -0.2) is 13.9 Å². The molecular weight excluding hydrogens is 419 g/mol. The van der Waals surface area contributed by atoms with E-state index in [2.05, 4.69) is 20.6 Å². The van der Waals surface area contributed by atoms with Gasteiger partial charge in [0.15, 0.2) is 5.82 Å². The van der Waals surface area contributed by atoms with Crippen LogP contribution in [0.2, 0.25) is 0 Å². The van der Waals surface area contributed by atoms with Crippen LogP contribution in [0.15, 0.2) is 52.6 Å². The summed E-state index contributed by atoms with van der Waals surface area (Å²) in [6.45, 7) is 0.511. The molecule has 8 nitrogen and oxygen atoms in total. The highest BCUT2D eigenvalue weighted by Gasteiger charge is 2.30. The lowest BCUT2D eigenvalue weighted by Gasteiger charge is -2.02. The number of aromatic nitrogens is 5. The number of nitrogens with zero attached hydrogens (tertiary/aromatic N) is 4. The number of benzene rings is 1. The Bertz CT molecular complexity index is 1270. The van der Waals surface area contributed by atoms with Crippen molar-refractivity contribution in [2.75, 3.05) is 6.54 Å². The average Bonchev–Trinajstić information content (AvgIpc) is 3.18. The van der Waals surface area contributed by atoms with Gasteiger partial charge >= 0.3 is 5.69 Å². The summed E-state index contributed by atoms with van der Waals surface area (Å²) in [5.41, 5.74) is 1.38. The molecule has 0 radical (unpaired) electrons. The minimum atomic E-state index is -0.339. The van der Waals surface area contributed by atoms with E-state index in [4.69, 9.17) is 0 Å². The first kappa shape index (κ1) is 19.4. The molecule has 1 fully saturated rings. The summed E-state index contributed by atoms with van der Waals surface area (Å²) in [5, 5.41) is 16.0. The van der Waals surface area contributed by atoms with Gasteiger partial charge in [-0.3, -0.25) is 14.5 Å². The van der Waals surface area contributed by atoms with E-state index in [1.165, 1.54) is 16.8 Å². The third-order valence-electron chi connectivity index (χ3n) is 5.10. The number of carbonyl (C=O) groups excluding carboxylic acids is 1. The lowest BCUT2D eigenvalue weighted by Crippen LogP contribution is -2.32. The van der Waals surface area contributed by atoms with E-state index in [1.807, 2.05) is 17.5 Å². The molecule has 0 aliphatic heterocycles. The van der Waals surface area contributed by atoms with Crippen molar-refractivity contribution >= 4 is 17.2 Å². The van der Waals surface area contributed by atoms with Gasteiger partial charge in [0.2, 0.25) is 0 Å². The molecule has 0 atom stereocenters. The molecule has 5 rings (SSSR count). The molecule has 31 heavy (non-hydrogen) atoms. The lowest BCUT2D eigenvalue weighted by atomic mass is 10.1. The summed E-state index contributed by atoms with van der Waals surface area (Å²) in [6, 6.07) is 11.6. The number of nitrogens with one attached hydrogen (secondary N) is 2. The minimum absolute atomic E-state index is 0.153. The Hall–Kier alpha value is -3.53. The first-order chi connectivity index (χ1) is 15.1. The zero-order valence-corrected chi connectivity index (χ0v) is 17.2. The molecule has 10 heteroatoms. The molecule has 1 amide bonds. The molecule has 2 N–H and O–H groups in total. The van der Waals surface area contributed by atoms with E-state index in [0.717, 1.165) is 17.7 Å². The van der Waals surface area contributed by atoms with Crippen molar-refractivity contribution in [1.29, 1.82) is 0 Å². The highest BCUT2D eigenvalue weighted by molar-refractivity contribution is 7.13. The zero-order chi connectivity index (χ0) is 21.4. The number of halogens is 1. The highest BCUT2D eigenvalue weighted by atomic mass is 32.1. The summed E-state index contributed by atoms with van der Waals surface area (Å²) in [4.78, 5) is 26.2. The second-order valence-electron chi connectivity index (χ2n) is 7.34. The smallest absolute Gasteiger partial charge is 0.346 e. The monoisotopic (exact) mass is 438 g/mol. The maximum atomic E-state index is 13.1. The summed E-state index contributed by atoms with van der Waals surface area (Å²) < 4.78 is 16.2. The number of aromatic amines is 1. The zero-order valence-electron chi connectivity index (χ0n) is 16.4. The van der Waals surface area contributed by atoms with Crippen LogP contribution in [0.5, 0.6) is 0 Å². The van der Waals surface area contributed by atoms with Gasteiger partial charge in [0.05, 0.1) is 17.1 Å². The molecule has 1 aromatic carbocycles. The van der Waals surface area contributed by atoms with Crippen molar-refractivity contribution in [3.8, 4) is 22.0 Å². The van der Waals surface area contributed by atoms with Gasteiger partial charge in [-0.2, -0.15) is 5.10 Å². The second kappa shape index (κ2) is 7.95. The molecule has 1 aliphatic carbocycles. The molecular formula is C21H19FN6O2S. The maximum Gasteiger partial charge on any atom is 0.346 e. The molecule has 0 bridgehead atoms. The van der Waals surface area contributed by atoms with Crippen molar-refractivity contribution in [2.24, 2.45) is 0 Å². The number of rotatable bonds is 7. The van der Waals surface area contributed by atoms with Crippen molar-refractivity contribution in [3.05, 3.63) is 69.8 Å². The molecule has 158 valence electrons. The predicted octanol–water partition coefficient (Wildman–Crippen LogP) is 3.07. The summed E-state index contributed by atoms with van der Waals surface area (Å²) in [6.07, 6.45) is 1.97. The molecule has 3 aromatic heterocycles. The lowest BCUT2D eigenvalue weighted by molar-refractivity contribution is 0.0946. The van der Waals surface area contributed by atoms with Crippen LogP contribution in [0.4, 0.5) is 4.39 Å². The minimum Gasteiger partial charge on any atom is -0.349 e. The Labute approximate surface area is 180 Å². The highest BCUT2D eigenvalue weighted by Crippen LogP contribution is 2.37. The van der Waals surface area contributed by atoms with Crippen molar-refractivity contribution < 1.29 is 9.18 Å². The number of amides is 1. The van der Waals surface area contributed by atoms with E-state index in [-0.39, 0.29) is 42.2 Å². The van der Waals surface area contributed by atoms with Crippen LogP contribution in [-0.4, -0.2) is 37.0 Å². The van der Waals surface area contributed by atoms with E-state index in [9.17, 15) is 14.0 Å². The van der Waals surface area contributed by atoms with Crippen molar-refractivity contribution in [2.45, 2.75) is 25.4 Å². The van der Waals surface area contributed by atoms with Gasteiger partial charge in [-0.1, -0.05) is 6.07 Å². The van der Waals surface area contributed by atoms with Gasteiger partial charge in [-0.15, -0.1) is 16.4 Å². The van der Waals surface area contributed by atoms with Gasteiger partial charge in [0, 0.05) is 18.2 Å². The standard InChI is InChI=1S/C21H19FN6O2S/c22-14-5-3-13(4-6-14)16-12-17(25-24-16)20(29)23-9-10-27-21(30)28(15-7-8-15)19(26-27)18-2-1-11-31-18/h1-6,11-12,15H,7-10H2,(H,23,29)(H,24,25). The Kier molecular flexibility index (Phi) is 4.99. The molecule has 1 aliphatic rings. The fourth-order valence-electron chi connectivity index (χ4n) is 3.38. The Balaban J connectivity index is 1.25. The predicted molar refractivity (Wildman–Crippen MR) is 114 cm³/mol. The van der Waals surface area contributed by atoms with E-state index < -0.39 is 0 Å². The third kappa shape index (κ3) is 3.93. The largest absolute Gasteiger partial charge is 0.349 e. The number of thiophene rings is 1. The molecule has 0 saturated heterocycles. The summed E-state index contributed by atoms with van der Waals surface area (Å²) >= 11 is 1.55. The first-order valence-electron chi connectivity index (χ1n) is 9.93. The van der Waals surface area contributed by atoms with Crippen molar-refractivity contribution in [3.63, 3.8) is 0 Å². The van der Waals surface area contributed by atoms with Crippen LogP contribution in [-0.2, 0) is 6.54 Å². The Morgan fingerprint density at radius 2 is 2.06 bits per heavy atom. The van der Waals surface area contributed by atoms with Gasteiger partial charge in [0.25, 0.3) is 5.91 Å². The normalized spacial score (nSPS) is 13.5. The van der Waals surface area contributed by atoms with E-state index >= 15 is 0 Å². The van der Waals surface area contributed by atoms with E-state index in [0.29, 0.717) is 17.1 Å².